The average Bonchev–Trinajstić information content (AvgIpc) is 2.81. The summed E-state index contributed by atoms with van der Waals surface area (Å²) in [7, 11) is 0. The minimum Gasteiger partial charge on any atom is -0.492 e. The Balaban J connectivity index is 1.79. The van der Waals surface area contributed by atoms with Gasteiger partial charge in [-0.2, -0.15) is 0 Å². The first kappa shape index (κ1) is 24.9. The molecule has 1 saturated heterocycles. The highest BCUT2D eigenvalue weighted by molar-refractivity contribution is 5.96. The van der Waals surface area contributed by atoms with Crippen molar-refractivity contribution in [1.29, 1.82) is 0 Å². The molecule has 1 heterocycles. The van der Waals surface area contributed by atoms with Gasteiger partial charge in [0.2, 0.25) is 5.91 Å². The van der Waals surface area contributed by atoms with E-state index in [0.29, 0.717) is 37.9 Å². The van der Waals surface area contributed by atoms with Crippen molar-refractivity contribution in [2.45, 2.75) is 46.7 Å². The fourth-order valence-corrected chi connectivity index (χ4v) is 4.10. The number of carbonyl (C=O) groups is 1. The van der Waals surface area contributed by atoms with Gasteiger partial charge < -0.3 is 24.4 Å². The summed E-state index contributed by atoms with van der Waals surface area (Å²) in [5.74, 6) is 1.24. The molecule has 3 rings (SSSR count). The van der Waals surface area contributed by atoms with Gasteiger partial charge in [-0.15, -0.1) is 0 Å². The molecule has 0 bridgehead atoms. The number of hydrogen-bond acceptors (Lipinski definition) is 6. The lowest BCUT2D eigenvalue weighted by atomic mass is 10.0. The Morgan fingerprint density at radius 1 is 1.06 bits per heavy atom. The second-order valence-electron chi connectivity index (χ2n) is 8.24. The number of nitrogens with one attached hydrogen (secondary N) is 2. The molecule has 2 aromatic rings. The van der Waals surface area contributed by atoms with Gasteiger partial charge in [-0.3, -0.25) is 10.1 Å². The first-order valence-corrected chi connectivity index (χ1v) is 11.8. The summed E-state index contributed by atoms with van der Waals surface area (Å²) in [6.07, 6.45) is 0. The third-order valence-electron chi connectivity index (χ3n) is 5.82. The molecule has 1 aliphatic rings. The molecule has 0 aliphatic carbocycles. The molecule has 2 aromatic carbocycles. The number of morpholine rings is 1. The van der Waals surface area contributed by atoms with Crippen LogP contribution in [0.25, 0.3) is 0 Å². The molecule has 1 aliphatic heterocycles. The number of anilines is 2. The van der Waals surface area contributed by atoms with Gasteiger partial charge in [0.05, 0.1) is 43.8 Å². The smallest absolute Gasteiger partial charge is 0.241 e. The molecule has 180 valence electrons. The zero-order chi connectivity index (χ0) is 23.8. The molecule has 33 heavy (non-hydrogen) atoms. The van der Waals surface area contributed by atoms with E-state index >= 15 is 0 Å². The molecule has 0 aromatic heterocycles. The molecule has 0 radical (unpaired) electrons. The standard InChI is InChI=1S/C26H37N3O4/c1-6-32-24-17-23(29-12-14-31-15-13-29)25(33-7-2)16-22(24)28-26(30)20(5)27-19(4)21-11-9-8-10-18(21)3/h8-11,16-17,19-20,27H,6-7,12-15H2,1-5H3,(H,28,30)/t19-,20-/m0/s1. The second kappa shape index (κ2) is 11.9. The summed E-state index contributed by atoms with van der Waals surface area (Å²) < 4.78 is 17.3. The fraction of sp³-hybridized carbons (Fsp3) is 0.500. The van der Waals surface area contributed by atoms with Crippen LogP contribution in [0.4, 0.5) is 11.4 Å². The van der Waals surface area contributed by atoms with Gasteiger partial charge in [0.1, 0.15) is 11.5 Å². The highest BCUT2D eigenvalue weighted by Crippen LogP contribution is 2.39. The Kier molecular flexibility index (Phi) is 8.97. The quantitative estimate of drug-likeness (QED) is 0.556. The maximum Gasteiger partial charge on any atom is 0.241 e. The van der Waals surface area contributed by atoms with E-state index in [2.05, 4.69) is 41.5 Å². The number of nitrogens with zero attached hydrogens (tertiary/aromatic N) is 1. The van der Waals surface area contributed by atoms with Crippen molar-refractivity contribution in [3.8, 4) is 11.5 Å². The molecule has 7 heteroatoms. The first-order valence-electron chi connectivity index (χ1n) is 11.8. The van der Waals surface area contributed by atoms with E-state index in [4.69, 9.17) is 14.2 Å². The number of carbonyl (C=O) groups excluding carboxylic acids is 1. The molecule has 1 amide bonds. The van der Waals surface area contributed by atoms with Gasteiger partial charge in [-0.25, -0.2) is 0 Å². The fourth-order valence-electron chi connectivity index (χ4n) is 4.10. The Morgan fingerprint density at radius 2 is 1.73 bits per heavy atom. The maximum atomic E-state index is 13.1. The van der Waals surface area contributed by atoms with E-state index < -0.39 is 6.04 Å². The predicted octanol–water partition coefficient (Wildman–Crippen LogP) is 4.31. The van der Waals surface area contributed by atoms with Gasteiger partial charge in [-0.1, -0.05) is 24.3 Å². The number of hydrogen-bond donors (Lipinski definition) is 2. The van der Waals surface area contributed by atoms with E-state index in [1.807, 2.05) is 45.0 Å². The molecule has 0 unspecified atom stereocenters. The minimum atomic E-state index is -0.399. The van der Waals surface area contributed by atoms with E-state index in [9.17, 15) is 4.79 Å². The number of benzene rings is 2. The van der Waals surface area contributed by atoms with Crippen molar-refractivity contribution in [3.63, 3.8) is 0 Å². The maximum absolute atomic E-state index is 13.1. The van der Waals surface area contributed by atoms with Crippen LogP contribution in [0.5, 0.6) is 11.5 Å². The van der Waals surface area contributed by atoms with Crippen LogP contribution in [0.1, 0.15) is 44.9 Å². The van der Waals surface area contributed by atoms with Crippen LogP contribution in [0, 0.1) is 6.92 Å². The SMILES string of the molecule is CCOc1cc(N2CCOCC2)c(OCC)cc1NC(=O)[C@H](C)N[C@@H](C)c1ccccc1C. The molecular formula is C26H37N3O4. The van der Waals surface area contributed by atoms with E-state index in [0.717, 1.165) is 24.5 Å². The van der Waals surface area contributed by atoms with Crippen LogP contribution in [-0.4, -0.2) is 51.5 Å². The van der Waals surface area contributed by atoms with E-state index in [1.165, 1.54) is 11.1 Å². The van der Waals surface area contributed by atoms with Crippen LogP contribution in [0.3, 0.4) is 0 Å². The number of aryl methyl sites for hydroxylation is 1. The van der Waals surface area contributed by atoms with Crippen LogP contribution in [0.2, 0.25) is 0 Å². The van der Waals surface area contributed by atoms with Gasteiger partial charge in [0, 0.05) is 31.3 Å². The summed E-state index contributed by atoms with van der Waals surface area (Å²) in [6.45, 7) is 13.9. The summed E-state index contributed by atoms with van der Waals surface area (Å²) in [5, 5.41) is 6.45. The molecule has 0 spiro atoms. The normalized spacial score (nSPS) is 15.6. The van der Waals surface area contributed by atoms with Crippen LogP contribution in [-0.2, 0) is 9.53 Å². The van der Waals surface area contributed by atoms with Gasteiger partial charge in [0.15, 0.2) is 0 Å². The molecule has 1 fully saturated rings. The molecule has 7 nitrogen and oxygen atoms in total. The Bertz CT molecular complexity index is 928. The van der Waals surface area contributed by atoms with Gasteiger partial charge >= 0.3 is 0 Å². The lowest BCUT2D eigenvalue weighted by Gasteiger charge is -2.31. The van der Waals surface area contributed by atoms with Gasteiger partial charge in [-0.05, 0) is 45.7 Å². The average molecular weight is 456 g/mol. The van der Waals surface area contributed by atoms with E-state index in [-0.39, 0.29) is 11.9 Å². The number of ether oxygens (including phenoxy) is 3. The monoisotopic (exact) mass is 455 g/mol. The van der Waals surface area contributed by atoms with Crippen molar-refractivity contribution in [2.75, 3.05) is 49.7 Å². The Labute approximate surface area is 197 Å². The number of rotatable bonds is 10. The number of amides is 1. The zero-order valence-corrected chi connectivity index (χ0v) is 20.4. The first-order chi connectivity index (χ1) is 15.9. The van der Waals surface area contributed by atoms with Crippen molar-refractivity contribution >= 4 is 17.3 Å². The van der Waals surface area contributed by atoms with Crippen molar-refractivity contribution in [2.24, 2.45) is 0 Å². The summed E-state index contributed by atoms with van der Waals surface area (Å²) in [6, 6.07) is 11.7. The van der Waals surface area contributed by atoms with Crippen LogP contribution in [0.15, 0.2) is 36.4 Å². The van der Waals surface area contributed by atoms with Crippen molar-refractivity contribution < 1.29 is 19.0 Å². The van der Waals surface area contributed by atoms with Crippen molar-refractivity contribution in [1.82, 2.24) is 5.32 Å². The highest BCUT2D eigenvalue weighted by atomic mass is 16.5. The summed E-state index contributed by atoms with van der Waals surface area (Å²) in [4.78, 5) is 15.3. The Hall–Kier alpha value is -2.77. The second-order valence-corrected chi connectivity index (χ2v) is 8.24. The minimum absolute atomic E-state index is 0.0426. The largest absolute Gasteiger partial charge is 0.492 e. The third kappa shape index (κ3) is 6.39. The lowest BCUT2D eigenvalue weighted by molar-refractivity contribution is -0.118. The summed E-state index contributed by atoms with van der Waals surface area (Å²) >= 11 is 0. The van der Waals surface area contributed by atoms with Gasteiger partial charge in [0.25, 0.3) is 0 Å². The molecule has 2 N–H and O–H groups in total. The van der Waals surface area contributed by atoms with Crippen LogP contribution < -0.4 is 25.0 Å². The summed E-state index contributed by atoms with van der Waals surface area (Å²) in [5.41, 5.74) is 3.95. The molecule has 0 saturated carbocycles. The van der Waals surface area contributed by atoms with E-state index in [1.54, 1.807) is 0 Å². The Morgan fingerprint density at radius 3 is 2.39 bits per heavy atom. The van der Waals surface area contributed by atoms with Crippen molar-refractivity contribution in [3.05, 3.63) is 47.5 Å². The topological polar surface area (TPSA) is 72.1 Å². The molecular weight excluding hydrogens is 418 g/mol. The predicted molar refractivity (Wildman–Crippen MR) is 133 cm³/mol. The third-order valence-corrected chi connectivity index (χ3v) is 5.82. The highest BCUT2D eigenvalue weighted by Gasteiger charge is 2.23. The van der Waals surface area contributed by atoms with Crippen LogP contribution >= 0.6 is 0 Å². The lowest BCUT2D eigenvalue weighted by Crippen LogP contribution is -2.39. The molecule has 2 atom stereocenters. The zero-order valence-electron chi connectivity index (χ0n) is 20.4.